The van der Waals surface area contributed by atoms with Crippen LogP contribution in [0.1, 0.15) is 51.9 Å². The van der Waals surface area contributed by atoms with Crippen molar-refractivity contribution in [1.29, 1.82) is 0 Å². The van der Waals surface area contributed by atoms with E-state index in [-0.39, 0.29) is 24.4 Å². The molecule has 144 valence electrons. The summed E-state index contributed by atoms with van der Waals surface area (Å²) in [5, 5.41) is 4.51. The fourth-order valence-corrected chi connectivity index (χ4v) is 4.96. The molecule has 1 N–H and O–H groups in total. The number of rotatable bonds is 4. The standard InChI is InChI=1S/C20H29N3OS.ClH/c1-15-18(14-19(24)21-16-10-8-5-9-11-16)23(2)20(25-15)22-17-12-6-3-4-7-13-17;/h5,8-11,15,17-18H,3-4,6-7,12-14H2,1-2H3,(H,21,24);1H. The van der Waals surface area contributed by atoms with Gasteiger partial charge >= 0.3 is 0 Å². The van der Waals surface area contributed by atoms with Crippen LogP contribution in [-0.4, -0.2) is 40.4 Å². The molecule has 0 radical (unpaired) electrons. The first-order valence-electron chi connectivity index (χ1n) is 9.45. The van der Waals surface area contributed by atoms with Crippen LogP contribution in [0, 0.1) is 0 Å². The highest BCUT2D eigenvalue weighted by Gasteiger charge is 2.35. The van der Waals surface area contributed by atoms with Gasteiger partial charge in [0.1, 0.15) is 0 Å². The van der Waals surface area contributed by atoms with Gasteiger partial charge in [-0.25, -0.2) is 0 Å². The molecule has 1 amide bonds. The van der Waals surface area contributed by atoms with Crippen LogP contribution in [-0.2, 0) is 4.79 Å². The highest BCUT2D eigenvalue weighted by molar-refractivity contribution is 8.14. The van der Waals surface area contributed by atoms with E-state index in [0.717, 1.165) is 10.9 Å². The predicted molar refractivity (Wildman–Crippen MR) is 114 cm³/mol. The Hall–Kier alpha value is -1.20. The summed E-state index contributed by atoms with van der Waals surface area (Å²) in [6.45, 7) is 2.21. The minimum atomic E-state index is 0. The Morgan fingerprint density at radius 2 is 1.85 bits per heavy atom. The van der Waals surface area contributed by atoms with Crippen molar-refractivity contribution >= 4 is 40.9 Å². The van der Waals surface area contributed by atoms with E-state index in [2.05, 4.69) is 24.2 Å². The summed E-state index contributed by atoms with van der Waals surface area (Å²) in [5.74, 6) is 0.0752. The molecule has 26 heavy (non-hydrogen) atoms. The quantitative estimate of drug-likeness (QED) is 0.733. The van der Waals surface area contributed by atoms with Gasteiger partial charge in [0.25, 0.3) is 0 Å². The van der Waals surface area contributed by atoms with Crippen LogP contribution in [0.5, 0.6) is 0 Å². The molecular formula is C20H30ClN3OS. The maximum absolute atomic E-state index is 12.4. The van der Waals surface area contributed by atoms with Gasteiger partial charge in [-0.15, -0.1) is 12.4 Å². The Bertz CT molecular complexity index is 602. The number of amidine groups is 1. The number of benzene rings is 1. The summed E-state index contributed by atoms with van der Waals surface area (Å²) >= 11 is 1.83. The molecule has 1 saturated carbocycles. The molecule has 0 aromatic heterocycles. The summed E-state index contributed by atoms with van der Waals surface area (Å²) in [7, 11) is 2.09. The molecule has 2 fully saturated rings. The molecule has 1 heterocycles. The van der Waals surface area contributed by atoms with Crippen LogP contribution >= 0.6 is 24.2 Å². The van der Waals surface area contributed by atoms with Gasteiger partial charge in [-0.2, -0.15) is 0 Å². The first-order chi connectivity index (χ1) is 12.1. The molecule has 1 aromatic carbocycles. The number of para-hydroxylation sites is 1. The first kappa shape index (κ1) is 21.1. The van der Waals surface area contributed by atoms with E-state index in [1.54, 1.807) is 0 Å². The lowest BCUT2D eigenvalue weighted by Crippen LogP contribution is -2.36. The Balaban J connectivity index is 0.00000243. The lowest BCUT2D eigenvalue weighted by molar-refractivity contribution is -0.117. The highest BCUT2D eigenvalue weighted by atomic mass is 35.5. The summed E-state index contributed by atoms with van der Waals surface area (Å²) in [6.07, 6.45) is 8.23. The third kappa shape index (κ3) is 5.65. The van der Waals surface area contributed by atoms with Gasteiger partial charge in [0.15, 0.2) is 5.17 Å². The number of carbonyl (C=O) groups excluding carboxylic acids is 1. The average Bonchev–Trinajstić information content (AvgIpc) is 2.79. The van der Waals surface area contributed by atoms with Crippen LogP contribution in [0.3, 0.4) is 0 Å². The molecular weight excluding hydrogens is 366 g/mol. The molecule has 2 unspecified atom stereocenters. The van der Waals surface area contributed by atoms with Gasteiger partial charge in [0.05, 0.1) is 12.1 Å². The van der Waals surface area contributed by atoms with E-state index in [1.807, 2.05) is 42.1 Å². The zero-order valence-electron chi connectivity index (χ0n) is 15.7. The molecule has 0 bridgehead atoms. The van der Waals surface area contributed by atoms with E-state index in [1.165, 1.54) is 38.5 Å². The molecule has 0 spiro atoms. The molecule has 4 nitrogen and oxygen atoms in total. The monoisotopic (exact) mass is 395 g/mol. The molecule has 1 aliphatic carbocycles. The molecule has 6 heteroatoms. The zero-order chi connectivity index (χ0) is 17.6. The summed E-state index contributed by atoms with van der Waals surface area (Å²) < 4.78 is 0. The number of hydrogen-bond donors (Lipinski definition) is 1. The maximum atomic E-state index is 12.4. The van der Waals surface area contributed by atoms with E-state index in [9.17, 15) is 4.79 Å². The van der Waals surface area contributed by atoms with Gasteiger partial charge in [0, 0.05) is 24.4 Å². The Labute approximate surface area is 167 Å². The third-order valence-corrected chi connectivity index (χ3v) is 6.49. The summed E-state index contributed by atoms with van der Waals surface area (Å²) in [6, 6.07) is 10.4. The van der Waals surface area contributed by atoms with Gasteiger partial charge in [-0.3, -0.25) is 9.79 Å². The minimum absolute atomic E-state index is 0. The largest absolute Gasteiger partial charge is 0.350 e. The second kappa shape index (κ2) is 10.2. The van der Waals surface area contributed by atoms with Crippen molar-refractivity contribution in [2.45, 2.75) is 69.2 Å². The van der Waals surface area contributed by atoms with Crippen LogP contribution in [0.2, 0.25) is 0 Å². The van der Waals surface area contributed by atoms with Gasteiger partial charge in [-0.1, -0.05) is 62.6 Å². The number of carbonyl (C=O) groups is 1. The first-order valence-corrected chi connectivity index (χ1v) is 10.3. The third-order valence-electron chi connectivity index (χ3n) is 5.20. The van der Waals surface area contributed by atoms with Crippen molar-refractivity contribution in [2.24, 2.45) is 4.99 Å². The fourth-order valence-electron chi connectivity index (χ4n) is 3.68. The SMILES string of the molecule is CC1SC(=NC2CCCCCC2)N(C)C1CC(=O)Nc1ccccc1.Cl. The van der Waals surface area contributed by atoms with Crippen LogP contribution < -0.4 is 5.32 Å². The maximum Gasteiger partial charge on any atom is 0.226 e. The fraction of sp³-hybridized carbons (Fsp3) is 0.600. The molecule has 1 aliphatic heterocycles. The predicted octanol–water partition coefficient (Wildman–Crippen LogP) is 4.95. The van der Waals surface area contributed by atoms with Crippen LogP contribution in [0.25, 0.3) is 0 Å². The van der Waals surface area contributed by atoms with Crippen LogP contribution in [0.4, 0.5) is 5.69 Å². The zero-order valence-corrected chi connectivity index (χ0v) is 17.3. The number of nitrogens with zero attached hydrogens (tertiary/aromatic N) is 2. The minimum Gasteiger partial charge on any atom is -0.350 e. The van der Waals surface area contributed by atoms with Crippen molar-refractivity contribution in [3.8, 4) is 0 Å². The van der Waals surface area contributed by atoms with E-state index < -0.39 is 0 Å². The molecule has 1 saturated heterocycles. The van der Waals surface area contributed by atoms with Gasteiger partial charge < -0.3 is 10.2 Å². The van der Waals surface area contributed by atoms with E-state index in [4.69, 9.17) is 4.99 Å². The average molecular weight is 396 g/mol. The van der Waals surface area contributed by atoms with Crippen molar-refractivity contribution < 1.29 is 4.79 Å². The number of nitrogens with one attached hydrogen (secondary N) is 1. The number of thioether (sulfide) groups is 1. The van der Waals surface area contributed by atoms with Gasteiger partial charge in [0.2, 0.25) is 5.91 Å². The van der Waals surface area contributed by atoms with Crippen molar-refractivity contribution in [3.05, 3.63) is 30.3 Å². The topological polar surface area (TPSA) is 44.7 Å². The number of halogens is 1. The molecule has 3 rings (SSSR count). The summed E-state index contributed by atoms with van der Waals surface area (Å²) in [4.78, 5) is 19.7. The highest BCUT2D eigenvalue weighted by Crippen LogP contribution is 2.33. The number of hydrogen-bond acceptors (Lipinski definition) is 3. The second-order valence-electron chi connectivity index (χ2n) is 7.18. The van der Waals surface area contributed by atoms with Crippen molar-refractivity contribution in [3.63, 3.8) is 0 Å². The van der Waals surface area contributed by atoms with Crippen LogP contribution in [0.15, 0.2) is 35.3 Å². The normalized spacial score (nSPS) is 25.6. The lowest BCUT2D eigenvalue weighted by Gasteiger charge is -2.23. The molecule has 2 atom stereocenters. The molecule has 2 aliphatic rings. The lowest BCUT2D eigenvalue weighted by atomic mass is 10.1. The van der Waals surface area contributed by atoms with Crippen molar-refractivity contribution in [2.75, 3.05) is 12.4 Å². The van der Waals surface area contributed by atoms with Gasteiger partial charge in [-0.05, 0) is 25.0 Å². The Morgan fingerprint density at radius 1 is 1.19 bits per heavy atom. The van der Waals surface area contributed by atoms with Crippen molar-refractivity contribution in [1.82, 2.24) is 4.90 Å². The smallest absolute Gasteiger partial charge is 0.226 e. The number of anilines is 1. The Morgan fingerprint density at radius 3 is 2.50 bits per heavy atom. The summed E-state index contributed by atoms with van der Waals surface area (Å²) in [5.41, 5.74) is 0.862. The number of aliphatic imine (C=N–C) groups is 1. The molecule has 1 aromatic rings. The van der Waals surface area contributed by atoms with E-state index in [0.29, 0.717) is 17.7 Å². The second-order valence-corrected chi connectivity index (χ2v) is 8.52. The number of amides is 1. The Kier molecular flexibility index (Phi) is 8.29. The van der Waals surface area contributed by atoms with E-state index >= 15 is 0 Å².